The molecule has 0 saturated carbocycles. The van der Waals surface area contributed by atoms with Crippen molar-refractivity contribution in [2.75, 3.05) is 18.5 Å². The number of alkyl halides is 3. The van der Waals surface area contributed by atoms with Crippen LogP contribution in [0.2, 0.25) is 10.0 Å². The monoisotopic (exact) mass is 645 g/mol. The van der Waals surface area contributed by atoms with E-state index >= 15 is 0 Å². The molecule has 2 amide bonds. The molecule has 3 aromatic carbocycles. The standard InChI is InChI=1S/C32H32Cl2F3N5O2/c1-18(2)17-44-27-6-4-5-19(3)29(27)42-30(20-7-9-21(10-8-20)39-31(38)43)23-16-41(14-13-26(23)40-42)15-22-24(32(35,36)37)11-12-25(33)28(22)34/h4-12,18H,13-17H2,1-3H3,(H3,38,39,43). The van der Waals surface area contributed by atoms with Crippen molar-refractivity contribution in [2.24, 2.45) is 11.7 Å². The molecule has 7 nitrogen and oxygen atoms in total. The fourth-order valence-corrected chi connectivity index (χ4v) is 5.79. The van der Waals surface area contributed by atoms with Crippen molar-refractivity contribution in [3.63, 3.8) is 0 Å². The predicted molar refractivity (Wildman–Crippen MR) is 167 cm³/mol. The number of urea groups is 1. The lowest BCUT2D eigenvalue weighted by molar-refractivity contribution is -0.138. The van der Waals surface area contributed by atoms with Crippen LogP contribution >= 0.6 is 23.2 Å². The summed E-state index contributed by atoms with van der Waals surface area (Å²) >= 11 is 12.5. The first kappa shape index (κ1) is 31.7. The molecule has 1 aromatic heterocycles. The Hall–Kier alpha value is -3.73. The van der Waals surface area contributed by atoms with E-state index in [-0.39, 0.29) is 22.2 Å². The van der Waals surface area contributed by atoms with Crippen molar-refractivity contribution in [3.05, 3.63) is 92.6 Å². The summed E-state index contributed by atoms with van der Waals surface area (Å²) in [7, 11) is 0. The van der Waals surface area contributed by atoms with E-state index in [0.717, 1.165) is 39.8 Å². The van der Waals surface area contributed by atoms with Crippen LogP contribution in [0.15, 0.2) is 54.6 Å². The molecule has 0 aliphatic carbocycles. The summed E-state index contributed by atoms with van der Waals surface area (Å²) < 4.78 is 49.9. The fraction of sp³-hybridized carbons (Fsp3) is 0.312. The van der Waals surface area contributed by atoms with E-state index in [4.69, 9.17) is 38.8 Å². The molecule has 5 rings (SSSR count). The molecular formula is C32H32Cl2F3N5O2. The molecule has 4 aromatic rings. The van der Waals surface area contributed by atoms with E-state index in [2.05, 4.69) is 19.2 Å². The number of amides is 2. The van der Waals surface area contributed by atoms with Crippen LogP contribution in [-0.4, -0.2) is 33.9 Å². The maximum atomic E-state index is 14.0. The molecule has 0 saturated heterocycles. The number of carbonyl (C=O) groups is 1. The third-order valence-electron chi connectivity index (χ3n) is 7.41. The summed E-state index contributed by atoms with van der Waals surface area (Å²) in [4.78, 5) is 13.3. The number of nitrogens with zero attached hydrogens (tertiary/aromatic N) is 3. The van der Waals surface area contributed by atoms with E-state index in [0.29, 0.717) is 43.5 Å². The molecule has 44 heavy (non-hydrogen) atoms. The van der Waals surface area contributed by atoms with Gasteiger partial charge >= 0.3 is 12.2 Å². The zero-order valence-corrected chi connectivity index (χ0v) is 25.9. The van der Waals surface area contributed by atoms with E-state index in [1.807, 2.05) is 46.8 Å². The summed E-state index contributed by atoms with van der Waals surface area (Å²) in [5.74, 6) is 0.969. The number of nitrogens with one attached hydrogen (secondary N) is 1. The number of halogens is 5. The normalized spacial score (nSPS) is 13.7. The summed E-state index contributed by atoms with van der Waals surface area (Å²) in [5, 5.41) is 7.57. The number of carbonyl (C=O) groups excluding carboxylic acids is 1. The maximum absolute atomic E-state index is 14.0. The number of nitrogens with two attached hydrogens (primary N) is 1. The van der Waals surface area contributed by atoms with Gasteiger partial charge in [0.05, 0.1) is 33.6 Å². The predicted octanol–water partition coefficient (Wildman–Crippen LogP) is 8.26. The summed E-state index contributed by atoms with van der Waals surface area (Å²) in [5.41, 5.74) is 9.94. The molecule has 1 aliphatic heterocycles. The van der Waals surface area contributed by atoms with Gasteiger partial charge in [-0.25, -0.2) is 9.48 Å². The Kier molecular flexibility index (Phi) is 9.15. The van der Waals surface area contributed by atoms with Crippen molar-refractivity contribution < 1.29 is 22.7 Å². The van der Waals surface area contributed by atoms with Crippen molar-refractivity contribution >= 4 is 34.9 Å². The average Bonchev–Trinajstić information content (AvgIpc) is 3.32. The van der Waals surface area contributed by atoms with Crippen molar-refractivity contribution in [2.45, 2.75) is 46.5 Å². The minimum Gasteiger partial charge on any atom is -0.491 e. The van der Waals surface area contributed by atoms with Crippen LogP contribution in [0.4, 0.5) is 23.7 Å². The Morgan fingerprint density at radius 3 is 2.50 bits per heavy atom. The molecule has 232 valence electrons. The number of rotatable bonds is 8. The average molecular weight is 647 g/mol. The molecular weight excluding hydrogens is 614 g/mol. The van der Waals surface area contributed by atoms with Gasteiger partial charge in [-0.2, -0.15) is 18.3 Å². The number of aromatic nitrogens is 2. The number of anilines is 1. The first-order valence-corrected chi connectivity index (χ1v) is 14.9. The van der Waals surface area contributed by atoms with Gasteiger partial charge in [0.25, 0.3) is 0 Å². The van der Waals surface area contributed by atoms with Gasteiger partial charge in [0.1, 0.15) is 11.4 Å². The number of para-hydroxylation sites is 1. The second-order valence-corrected chi connectivity index (χ2v) is 12.0. The van der Waals surface area contributed by atoms with Crippen molar-refractivity contribution in [1.82, 2.24) is 14.7 Å². The van der Waals surface area contributed by atoms with Crippen molar-refractivity contribution in [1.29, 1.82) is 0 Å². The Balaban J connectivity index is 1.62. The van der Waals surface area contributed by atoms with Gasteiger partial charge in [-0.15, -0.1) is 0 Å². The third-order valence-corrected chi connectivity index (χ3v) is 8.25. The highest BCUT2D eigenvalue weighted by Gasteiger charge is 2.36. The number of hydrogen-bond donors (Lipinski definition) is 2. The molecule has 2 heterocycles. The first-order chi connectivity index (χ1) is 20.8. The van der Waals surface area contributed by atoms with Gasteiger partial charge in [-0.05, 0) is 54.3 Å². The zero-order valence-electron chi connectivity index (χ0n) is 24.4. The molecule has 3 N–H and O–H groups in total. The van der Waals surface area contributed by atoms with Crippen LogP contribution in [0, 0.1) is 12.8 Å². The summed E-state index contributed by atoms with van der Waals surface area (Å²) in [6.07, 6.45) is -4.08. The fourth-order valence-electron chi connectivity index (χ4n) is 5.39. The lowest BCUT2D eigenvalue weighted by Gasteiger charge is -2.28. The van der Waals surface area contributed by atoms with E-state index in [1.165, 1.54) is 6.07 Å². The van der Waals surface area contributed by atoms with E-state index < -0.39 is 17.8 Å². The molecule has 0 bridgehead atoms. The first-order valence-electron chi connectivity index (χ1n) is 14.1. The summed E-state index contributed by atoms with van der Waals surface area (Å²) in [6.45, 7) is 7.37. The number of aryl methyl sites for hydroxylation is 1. The highest BCUT2D eigenvalue weighted by molar-refractivity contribution is 6.42. The van der Waals surface area contributed by atoms with Gasteiger partial charge < -0.3 is 15.8 Å². The van der Waals surface area contributed by atoms with Gasteiger partial charge in [0, 0.05) is 42.9 Å². The second-order valence-electron chi connectivity index (χ2n) is 11.2. The molecule has 1 aliphatic rings. The third kappa shape index (κ3) is 6.67. The number of benzene rings is 3. The number of fused-ring (bicyclic) bond motifs is 1. The number of hydrogen-bond acceptors (Lipinski definition) is 4. The molecule has 0 radical (unpaired) electrons. The minimum atomic E-state index is -4.58. The summed E-state index contributed by atoms with van der Waals surface area (Å²) in [6, 6.07) is 14.4. The van der Waals surface area contributed by atoms with Crippen molar-refractivity contribution in [3.8, 4) is 22.7 Å². The SMILES string of the molecule is Cc1cccc(OCC(C)C)c1-n1nc2c(c1-c1ccc(NC(N)=O)cc1)CN(Cc1c(C(F)(F)F)ccc(Cl)c1Cl)CC2. The number of primary amides is 1. The largest absolute Gasteiger partial charge is 0.491 e. The lowest BCUT2D eigenvalue weighted by atomic mass is 9.99. The van der Waals surface area contributed by atoms with Crippen LogP contribution in [0.3, 0.4) is 0 Å². The molecule has 0 fully saturated rings. The second kappa shape index (κ2) is 12.7. The van der Waals surface area contributed by atoms with Crippen LogP contribution in [0.25, 0.3) is 16.9 Å². The molecule has 0 atom stereocenters. The van der Waals surface area contributed by atoms with Gasteiger partial charge in [0.2, 0.25) is 0 Å². The Bertz CT molecular complexity index is 1690. The highest BCUT2D eigenvalue weighted by atomic mass is 35.5. The topological polar surface area (TPSA) is 85.4 Å². The van der Waals surface area contributed by atoms with E-state index in [1.54, 1.807) is 12.1 Å². The molecule has 0 spiro atoms. The van der Waals surface area contributed by atoms with Gasteiger partial charge in [-0.1, -0.05) is 61.3 Å². The minimum absolute atomic E-state index is 0.0487. The zero-order chi connectivity index (χ0) is 31.8. The van der Waals surface area contributed by atoms with Gasteiger partial charge in [0.15, 0.2) is 0 Å². The Morgan fingerprint density at radius 1 is 1.11 bits per heavy atom. The highest BCUT2D eigenvalue weighted by Crippen LogP contribution is 2.41. The van der Waals surface area contributed by atoms with Gasteiger partial charge in [-0.3, -0.25) is 4.90 Å². The van der Waals surface area contributed by atoms with Crippen LogP contribution in [-0.2, 0) is 25.7 Å². The molecule has 12 heteroatoms. The van der Waals surface area contributed by atoms with Crippen LogP contribution < -0.4 is 15.8 Å². The quantitative estimate of drug-likeness (QED) is 0.202. The smallest absolute Gasteiger partial charge is 0.416 e. The van der Waals surface area contributed by atoms with Crippen LogP contribution in [0.1, 0.15) is 41.8 Å². The van der Waals surface area contributed by atoms with Crippen LogP contribution in [0.5, 0.6) is 5.75 Å². The number of ether oxygens (including phenoxy) is 1. The Labute approximate surface area is 263 Å². The Morgan fingerprint density at radius 2 is 1.84 bits per heavy atom. The lowest BCUT2D eigenvalue weighted by Crippen LogP contribution is -2.31. The molecule has 0 unspecified atom stereocenters. The van der Waals surface area contributed by atoms with E-state index in [9.17, 15) is 18.0 Å². The maximum Gasteiger partial charge on any atom is 0.416 e.